The topological polar surface area (TPSA) is 17.1 Å². The van der Waals surface area contributed by atoms with E-state index < -0.39 is 5.41 Å². The molecular formula is C18H19FOS. The average Bonchev–Trinajstić information content (AvgIpc) is 2.49. The predicted octanol–water partition coefficient (Wildman–Crippen LogP) is 4.67. The summed E-state index contributed by atoms with van der Waals surface area (Å²) in [5, 5.41) is 0. The van der Waals surface area contributed by atoms with Gasteiger partial charge in [0.05, 0.1) is 0 Å². The number of benzene rings is 2. The van der Waals surface area contributed by atoms with Crippen LogP contribution in [0.15, 0.2) is 53.4 Å². The number of aryl methyl sites for hydroxylation is 1. The van der Waals surface area contributed by atoms with Gasteiger partial charge in [0.2, 0.25) is 0 Å². The molecule has 21 heavy (non-hydrogen) atoms. The molecule has 2 aromatic rings. The van der Waals surface area contributed by atoms with Gasteiger partial charge in [0.25, 0.3) is 0 Å². The summed E-state index contributed by atoms with van der Waals surface area (Å²) in [6, 6.07) is 14.6. The second kappa shape index (κ2) is 6.90. The Bertz CT molecular complexity index is 592. The van der Waals surface area contributed by atoms with Gasteiger partial charge in [-0.2, -0.15) is 0 Å². The monoisotopic (exact) mass is 302 g/mol. The number of hydrogen-bond donors (Lipinski definition) is 0. The molecule has 0 N–H and O–H groups in total. The van der Waals surface area contributed by atoms with E-state index in [1.165, 1.54) is 17.7 Å². The van der Waals surface area contributed by atoms with Crippen molar-refractivity contribution in [1.82, 2.24) is 0 Å². The maximum atomic E-state index is 12.9. The summed E-state index contributed by atoms with van der Waals surface area (Å²) in [4.78, 5) is 12.6. The van der Waals surface area contributed by atoms with Gasteiger partial charge in [-0.3, -0.25) is 0 Å². The van der Waals surface area contributed by atoms with Crippen LogP contribution in [0.2, 0.25) is 0 Å². The molecule has 0 aromatic heterocycles. The molecule has 1 unspecified atom stereocenters. The fourth-order valence-corrected chi connectivity index (χ4v) is 3.07. The Morgan fingerprint density at radius 1 is 1.10 bits per heavy atom. The molecule has 0 radical (unpaired) electrons. The standard InChI is InChI=1S/C18H19FOS/c1-14-3-9-17(10-4-14)21-13-18(2,12-20)11-15-5-7-16(19)8-6-15/h3-10,12H,11,13H2,1-2H3. The van der Waals surface area contributed by atoms with Crippen LogP contribution in [-0.4, -0.2) is 12.0 Å². The van der Waals surface area contributed by atoms with Gasteiger partial charge >= 0.3 is 0 Å². The van der Waals surface area contributed by atoms with Crippen LogP contribution in [0.3, 0.4) is 0 Å². The molecule has 1 nitrogen and oxygen atoms in total. The summed E-state index contributed by atoms with van der Waals surface area (Å²) in [6.45, 7) is 4.00. The van der Waals surface area contributed by atoms with Crippen molar-refractivity contribution in [3.8, 4) is 0 Å². The molecule has 2 aromatic carbocycles. The molecule has 0 saturated carbocycles. The Hall–Kier alpha value is -1.61. The van der Waals surface area contributed by atoms with Gasteiger partial charge in [-0.1, -0.05) is 36.8 Å². The molecule has 2 rings (SSSR count). The quantitative estimate of drug-likeness (QED) is 0.569. The first-order valence-electron chi connectivity index (χ1n) is 6.91. The molecule has 1 atom stereocenters. The van der Waals surface area contributed by atoms with E-state index >= 15 is 0 Å². The number of rotatable bonds is 6. The van der Waals surface area contributed by atoms with Gasteiger partial charge < -0.3 is 4.79 Å². The molecule has 3 heteroatoms. The number of halogens is 1. The minimum atomic E-state index is -0.451. The van der Waals surface area contributed by atoms with Crippen LogP contribution < -0.4 is 0 Å². The smallest absolute Gasteiger partial charge is 0.127 e. The van der Waals surface area contributed by atoms with Crippen LogP contribution in [-0.2, 0) is 11.2 Å². The van der Waals surface area contributed by atoms with Crippen molar-refractivity contribution in [2.24, 2.45) is 5.41 Å². The maximum absolute atomic E-state index is 12.9. The third-order valence-corrected chi connectivity index (χ3v) is 4.80. The van der Waals surface area contributed by atoms with Gasteiger partial charge in [-0.25, -0.2) is 4.39 Å². The highest BCUT2D eigenvalue weighted by molar-refractivity contribution is 7.99. The molecule has 0 amide bonds. The van der Waals surface area contributed by atoms with Crippen molar-refractivity contribution < 1.29 is 9.18 Å². The van der Waals surface area contributed by atoms with E-state index in [0.29, 0.717) is 12.2 Å². The van der Waals surface area contributed by atoms with Crippen LogP contribution in [0, 0.1) is 18.2 Å². The van der Waals surface area contributed by atoms with E-state index in [-0.39, 0.29) is 5.82 Å². The minimum absolute atomic E-state index is 0.249. The molecule has 0 aliphatic rings. The summed E-state index contributed by atoms with van der Waals surface area (Å²) in [6.07, 6.45) is 1.63. The van der Waals surface area contributed by atoms with E-state index in [1.54, 1.807) is 23.9 Å². The molecule has 0 saturated heterocycles. The van der Waals surface area contributed by atoms with E-state index in [0.717, 1.165) is 16.7 Å². The lowest BCUT2D eigenvalue weighted by Crippen LogP contribution is -2.24. The van der Waals surface area contributed by atoms with Crippen molar-refractivity contribution in [2.45, 2.75) is 25.2 Å². The number of aldehydes is 1. The Morgan fingerprint density at radius 2 is 1.71 bits per heavy atom. The van der Waals surface area contributed by atoms with Crippen molar-refractivity contribution in [2.75, 3.05) is 5.75 Å². The zero-order chi connectivity index (χ0) is 15.3. The van der Waals surface area contributed by atoms with Gasteiger partial charge in [0.1, 0.15) is 12.1 Å². The summed E-state index contributed by atoms with van der Waals surface area (Å²) < 4.78 is 12.9. The third-order valence-electron chi connectivity index (χ3n) is 3.40. The van der Waals surface area contributed by atoms with Crippen molar-refractivity contribution in [3.63, 3.8) is 0 Å². The number of carbonyl (C=O) groups excluding carboxylic acids is 1. The molecule has 110 valence electrons. The summed E-state index contributed by atoms with van der Waals surface area (Å²) in [5.74, 6) is 0.456. The van der Waals surface area contributed by atoms with Crippen LogP contribution in [0.4, 0.5) is 4.39 Å². The minimum Gasteiger partial charge on any atom is -0.303 e. The summed E-state index contributed by atoms with van der Waals surface area (Å²) >= 11 is 1.68. The Labute approximate surface area is 129 Å². The lowest BCUT2D eigenvalue weighted by molar-refractivity contribution is -0.114. The maximum Gasteiger partial charge on any atom is 0.127 e. The van der Waals surface area contributed by atoms with Gasteiger partial charge in [-0.05, 0) is 43.2 Å². The molecule has 0 fully saturated rings. The van der Waals surface area contributed by atoms with Gasteiger partial charge in [0.15, 0.2) is 0 Å². The largest absolute Gasteiger partial charge is 0.303 e. The second-order valence-electron chi connectivity index (χ2n) is 5.68. The first-order chi connectivity index (χ1) is 10.0. The first-order valence-corrected chi connectivity index (χ1v) is 7.90. The highest BCUT2D eigenvalue weighted by atomic mass is 32.2. The van der Waals surface area contributed by atoms with Crippen molar-refractivity contribution in [1.29, 1.82) is 0 Å². The fraction of sp³-hybridized carbons (Fsp3) is 0.278. The number of thioether (sulfide) groups is 1. The van der Waals surface area contributed by atoms with E-state index in [4.69, 9.17) is 0 Å². The first kappa shape index (κ1) is 15.8. The SMILES string of the molecule is Cc1ccc(SCC(C)(C=O)Cc2ccc(F)cc2)cc1. The van der Waals surface area contributed by atoms with Crippen LogP contribution >= 0.6 is 11.8 Å². The molecule has 0 aliphatic heterocycles. The lowest BCUT2D eigenvalue weighted by Gasteiger charge is -2.22. The van der Waals surface area contributed by atoms with Crippen LogP contribution in [0.25, 0.3) is 0 Å². The van der Waals surface area contributed by atoms with Crippen LogP contribution in [0.1, 0.15) is 18.1 Å². The molecule has 0 bridgehead atoms. The zero-order valence-corrected chi connectivity index (χ0v) is 13.1. The molecule has 0 aliphatic carbocycles. The second-order valence-corrected chi connectivity index (χ2v) is 6.73. The van der Waals surface area contributed by atoms with Gasteiger partial charge in [-0.15, -0.1) is 11.8 Å². The highest BCUT2D eigenvalue weighted by Crippen LogP contribution is 2.29. The number of carbonyl (C=O) groups is 1. The van der Waals surface area contributed by atoms with E-state index in [1.807, 2.05) is 6.92 Å². The van der Waals surface area contributed by atoms with Crippen LogP contribution in [0.5, 0.6) is 0 Å². The third kappa shape index (κ3) is 4.71. The van der Waals surface area contributed by atoms with E-state index in [9.17, 15) is 9.18 Å². The summed E-state index contributed by atoms with van der Waals surface area (Å²) in [5.41, 5.74) is 1.76. The molecule has 0 heterocycles. The van der Waals surface area contributed by atoms with Crippen molar-refractivity contribution in [3.05, 3.63) is 65.5 Å². The average molecular weight is 302 g/mol. The molecule has 0 spiro atoms. The Morgan fingerprint density at radius 3 is 2.29 bits per heavy atom. The molecular weight excluding hydrogens is 283 g/mol. The summed E-state index contributed by atoms with van der Waals surface area (Å²) in [7, 11) is 0. The zero-order valence-electron chi connectivity index (χ0n) is 12.3. The predicted molar refractivity (Wildman–Crippen MR) is 86.2 cm³/mol. The van der Waals surface area contributed by atoms with Crippen molar-refractivity contribution >= 4 is 18.0 Å². The van der Waals surface area contributed by atoms with E-state index in [2.05, 4.69) is 31.2 Å². The Balaban J connectivity index is 2.01. The van der Waals surface area contributed by atoms with Gasteiger partial charge in [0, 0.05) is 16.1 Å². The fourth-order valence-electron chi connectivity index (χ4n) is 2.08. The highest BCUT2D eigenvalue weighted by Gasteiger charge is 2.24. The Kier molecular flexibility index (Phi) is 5.18. The number of hydrogen-bond acceptors (Lipinski definition) is 2. The lowest BCUT2D eigenvalue weighted by atomic mass is 9.87. The normalized spacial score (nSPS) is 13.7.